The minimum atomic E-state index is -0.891. The van der Waals surface area contributed by atoms with Crippen LogP contribution in [0.4, 0.5) is 5.69 Å². The second kappa shape index (κ2) is 8.88. The molecule has 0 aromatic heterocycles. The Hall–Kier alpha value is -3.91. The van der Waals surface area contributed by atoms with E-state index < -0.39 is 23.9 Å². The summed E-state index contributed by atoms with van der Waals surface area (Å²) in [7, 11) is 3.02. The van der Waals surface area contributed by atoms with Gasteiger partial charge in [0.05, 0.1) is 43.3 Å². The number of amides is 2. The van der Waals surface area contributed by atoms with Crippen LogP contribution in [0.2, 0.25) is 0 Å². The molecule has 0 N–H and O–H groups in total. The Labute approximate surface area is 222 Å². The van der Waals surface area contributed by atoms with Crippen LogP contribution in [-0.2, 0) is 9.59 Å². The number of rotatable bonds is 5. The quantitative estimate of drug-likeness (QED) is 0.328. The van der Waals surface area contributed by atoms with Crippen LogP contribution in [0.25, 0.3) is 6.08 Å². The lowest BCUT2D eigenvalue weighted by Crippen LogP contribution is -2.44. The molecule has 2 saturated heterocycles. The van der Waals surface area contributed by atoms with Crippen molar-refractivity contribution in [3.63, 3.8) is 0 Å². The number of ether oxygens (including phenoxy) is 2. The molecule has 8 heteroatoms. The molecule has 186 valence electrons. The third-order valence-corrected chi connectivity index (χ3v) is 8.02. The summed E-state index contributed by atoms with van der Waals surface area (Å²) < 4.78 is 11.7. The van der Waals surface area contributed by atoms with Crippen molar-refractivity contribution < 1.29 is 23.9 Å². The Kier molecular flexibility index (Phi) is 5.64. The minimum Gasteiger partial charge on any atom is -0.497 e. The number of fused-ring (bicyclic) bond motifs is 5. The topological polar surface area (TPSA) is 76.1 Å². The number of halogens is 1. The van der Waals surface area contributed by atoms with Crippen LogP contribution in [0, 0.1) is 11.8 Å². The number of methoxy groups -OCH3 is 2. The maximum absolute atomic E-state index is 14.2. The highest BCUT2D eigenvalue weighted by atomic mass is 79.9. The summed E-state index contributed by atoms with van der Waals surface area (Å²) in [5, 5.41) is 0. The van der Waals surface area contributed by atoms with Gasteiger partial charge in [-0.1, -0.05) is 40.2 Å². The molecule has 3 aromatic carbocycles. The Balaban J connectivity index is 1.51. The van der Waals surface area contributed by atoms with Gasteiger partial charge in [0.2, 0.25) is 11.8 Å². The van der Waals surface area contributed by atoms with Gasteiger partial charge in [0.25, 0.3) is 0 Å². The first-order chi connectivity index (χ1) is 17.9. The van der Waals surface area contributed by atoms with E-state index in [9.17, 15) is 14.4 Å². The van der Waals surface area contributed by atoms with Crippen molar-refractivity contribution in [2.75, 3.05) is 19.1 Å². The summed E-state index contributed by atoms with van der Waals surface area (Å²) in [6.07, 6.45) is 3.77. The molecule has 4 atom stereocenters. The van der Waals surface area contributed by atoms with Gasteiger partial charge in [0, 0.05) is 10.7 Å². The van der Waals surface area contributed by atoms with Crippen LogP contribution in [0.5, 0.6) is 11.5 Å². The van der Waals surface area contributed by atoms with Gasteiger partial charge >= 0.3 is 0 Å². The lowest BCUT2D eigenvalue weighted by molar-refractivity contribution is -0.123. The second-order valence-corrected chi connectivity index (χ2v) is 10.2. The average molecular weight is 559 g/mol. The molecule has 6 rings (SSSR count). The van der Waals surface area contributed by atoms with Gasteiger partial charge in [-0.05, 0) is 59.7 Å². The van der Waals surface area contributed by atoms with Crippen molar-refractivity contribution in [1.82, 2.24) is 4.90 Å². The molecule has 3 heterocycles. The number of nitrogens with zero attached hydrogens (tertiary/aromatic N) is 2. The lowest BCUT2D eigenvalue weighted by atomic mass is 9.83. The van der Waals surface area contributed by atoms with Crippen molar-refractivity contribution in [1.29, 1.82) is 0 Å². The molecule has 3 aliphatic heterocycles. The smallest absolute Gasteiger partial charge is 0.240 e. The summed E-state index contributed by atoms with van der Waals surface area (Å²) in [4.78, 5) is 45.3. The van der Waals surface area contributed by atoms with Gasteiger partial charge in [0.1, 0.15) is 17.5 Å². The number of ketones is 1. The number of benzene rings is 3. The van der Waals surface area contributed by atoms with Gasteiger partial charge in [-0.25, -0.2) is 4.90 Å². The van der Waals surface area contributed by atoms with Crippen molar-refractivity contribution in [3.8, 4) is 11.5 Å². The van der Waals surface area contributed by atoms with Gasteiger partial charge in [0.15, 0.2) is 5.78 Å². The first-order valence-electron chi connectivity index (χ1n) is 11.9. The third-order valence-electron chi connectivity index (χ3n) is 7.49. The molecular weight excluding hydrogens is 536 g/mol. The van der Waals surface area contributed by atoms with E-state index in [0.29, 0.717) is 22.7 Å². The van der Waals surface area contributed by atoms with E-state index in [1.807, 2.05) is 41.4 Å². The summed E-state index contributed by atoms with van der Waals surface area (Å²) in [5.41, 5.74) is 2.69. The van der Waals surface area contributed by atoms with E-state index in [4.69, 9.17) is 9.47 Å². The molecule has 0 unspecified atom stereocenters. The Morgan fingerprint density at radius 1 is 0.892 bits per heavy atom. The Morgan fingerprint density at radius 2 is 1.62 bits per heavy atom. The van der Waals surface area contributed by atoms with Crippen molar-refractivity contribution in [3.05, 3.63) is 94.1 Å². The molecule has 7 nitrogen and oxygen atoms in total. The Morgan fingerprint density at radius 3 is 2.35 bits per heavy atom. The number of carbonyl (C=O) groups excluding carboxylic acids is 3. The van der Waals surface area contributed by atoms with Crippen LogP contribution in [0.15, 0.2) is 77.4 Å². The maximum atomic E-state index is 14.2. The SMILES string of the molecule is COc1ccc(OC)c(C(=O)[C@@H]2[C@@H]3C(=O)N(c4ccc(Br)cc4)C(=O)[C@H]3[C@H]3c4ccccc4C=CN23)c1. The van der Waals surface area contributed by atoms with E-state index in [-0.39, 0.29) is 17.6 Å². The van der Waals surface area contributed by atoms with Crippen LogP contribution < -0.4 is 14.4 Å². The number of hydrogen-bond donors (Lipinski definition) is 0. The molecule has 0 saturated carbocycles. The number of carbonyl (C=O) groups is 3. The van der Waals surface area contributed by atoms with Gasteiger partial charge in [-0.15, -0.1) is 0 Å². The molecule has 0 radical (unpaired) electrons. The van der Waals surface area contributed by atoms with E-state index in [1.54, 1.807) is 42.5 Å². The van der Waals surface area contributed by atoms with Crippen molar-refractivity contribution in [2.45, 2.75) is 12.1 Å². The fraction of sp³-hybridized carbons (Fsp3) is 0.207. The molecule has 2 amide bonds. The molecule has 3 aliphatic rings. The number of anilines is 1. The molecule has 0 spiro atoms. The standard InChI is InChI=1S/C29H23BrN2O5/c1-36-19-11-12-22(37-2)21(15-19)27(33)26-24-23(25-20-6-4-3-5-16(20)13-14-31(25)26)28(34)32(29(24)35)18-9-7-17(30)8-10-18/h3-15,23-26H,1-2H3/t23-,24-,25-,26+/m1/s1. The predicted octanol–water partition coefficient (Wildman–Crippen LogP) is 4.86. The highest BCUT2D eigenvalue weighted by Gasteiger charge is 2.64. The fourth-order valence-corrected chi connectivity index (χ4v) is 6.13. The molecule has 0 bridgehead atoms. The number of hydrogen-bond acceptors (Lipinski definition) is 6. The van der Waals surface area contributed by atoms with Gasteiger partial charge in [-0.2, -0.15) is 0 Å². The normalized spacial score (nSPS) is 23.5. The average Bonchev–Trinajstić information content (AvgIpc) is 3.40. The van der Waals surface area contributed by atoms with Crippen LogP contribution in [0.1, 0.15) is 27.5 Å². The number of Topliss-reactive ketones (excluding diaryl/α,β-unsaturated/α-hetero) is 1. The number of imide groups is 1. The maximum Gasteiger partial charge on any atom is 0.240 e. The largest absolute Gasteiger partial charge is 0.497 e. The van der Waals surface area contributed by atoms with Crippen LogP contribution in [0.3, 0.4) is 0 Å². The van der Waals surface area contributed by atoms with Gasteiger partial charge in [-0.3, -0.25) is 14.4 Å². The zero-order valence-corrected chi connectivity index (χ0v) is 21.7. The van der Waals surface area contributed by atoms with Crippen molar-refractivity contribution in [2.24, 2.45) is 11.8 Å². The molecular formula is C29H23BrN2O5. The summed E-state index contributed by atoms with van der Waals surface area (Å²) >= 11 is 3.41. The van der Waals surface area contributed by atoms with E-state index >= 15 is 0 Å². The molecule has 3 aromatic rings. The summed E-state index contributed by atoms with van der Waals surface area (Å²) in [6.45, 7) is 0. The monoisotopic (exact) mass is 558 g/mol. The second-order valence-electron chi connectivity index (χ2n) is 9.25. The van der Waals surface area contributed by atoms with Crippen LogP contribution >= 0.6 is 15.9 Å². The molecule has 0 aliphatic carbocycles. The van der Waals surface area contributed by atoms with E-state index in [2.05, 4.69) is 15.9 Å². The lowest BCUT2D eigenvalue weighted by Gasteiger charge is -2.35. The molecule has 37 heavy (non-hydrogen) atoms. The zero-order valence-electron chi connectivity index (χ0n) is 20.1. The van der Waals surface area contributed by atoms with E-state index in [1.165, 1.54) is 19.1 Å². The fourth-order valence-electron chi connectivity index (χ4n) is 5.87. The van der Waals surface area contributed by atoms with Gasteiger partial charge < -0.3 is 14.4 Å². The van der Waals surface area contributed by atoms with Crippen molar-refractivity contribution >= 4 is 45.3 Å². The highest BCUT2D eigenvalue weighted by molar-refractivity contribution is 9.10. The summed E-state index contributed by atoms with van der Waals surface area (Å²) in [6, 6.07) is 18.5. The molecule has 2 fully saturated rings. The van der Waals surface area contributed by atoms with E-state index in [0.717, 1.165) is 15.6 Å². The Bertz CT molecular complexity index is 1470. The predicted molar refractivity (Wildman–Crippen MR) is 141 cm³/mol. The van der Waals surface area contributed by atoms with Crippen LogP contribution in [-0.4, -0.2) is 42.8 Å². The third kappa shape index (κ3) is 3.50. The first-order valence-corrected chi connectivity index (χ1v) is 12.7. The summed E-state index contributed by atoms with van der Waals surface area (Å²) in [5.74, 6) is -1.67. The highest BCUT2D eigenvalue weighted by Crippen LogP contribution is 2.54. The minimum absolute atomic E-state index is 0.295. The zero-order chi connectivity index (χ0) is 25.8. The first kappa shape index (κ1) is 23.5.